The highest BCUT2D eigenvalue weighted by atomic mass is 127. The number of aryl methyl sites for hydroxylation is 1. The van der Waals surface area contributed by atoms with E-state index in [-0.39, 0.29) is 12.4 Å². The second-order valence-electron chi connectivity index (χ2n) is 6.73. The third kappa shape index (κ3) is 4.34. The minimum Gasteiger partial charge on any atom is -0.382 e. The molecule has 1 atom stereocenters. The number of anilines is 1. The fourth-order valence-corrected chi connectivity index (χ4v) is 5.58. The third-order valence-corrected chi connectivity index (χ3v) is 7.66. The Hall–Kier alpha value is -1.51. The Bertz CT molecular complexity index is 1200. The smallest absolute Gasteiger partial charge is 0.208 e. The molecule has 1 aromatic carbocycles. The van der Waals surface area contributed by atoms with Gasteiger partial charge in [-0.2, -0.15) is 0 Å². The van der Waals surface area contributed by atoms with Crippen molar-refractivity contribution in [1.29, 1.82) is 0 Å². The van der Waals surface area contributed by atoms with Crippen molar-refractivity contribution in [3.63, 3.8) is 0 Å². The molecular weight excluding hydrogens is 530 g/mol. The Morgan fingerprint density at radius 1 is 1.41 bits per heavy atom. The van der Waals surface area contributed by atoms with E-state index in [1.165, 1.54) is 18.1 Å². The van der Waals surface area contributed by atoms with Crippen molar-refractivity contribution in [1.82, 2.24) is 24.2 Å². The highest BCUT2D eigenvalue weighted by molar-refractivity contribution is 14.1. The Labute approximate surface area is 185 Å². The number of alkyl halides is 1. The molecule has 0 amide bonds. The molecule has 154 valence electrons. The summed E-state index contributed by atoms with van der Waals surface area (Å²) in [5, 5.41) is 0.591. The number of nitrogens with two attached hydrogens (primary N) is 1. The first-order valence-electron chi connectivity index (χ1n) is 8.78. The zero-order valence-corrected chi connectivity index (χ0v) is 19.2. The Balaban J connectivity index is 1.72. The van der Waals surface area contributed by atoms with Crippen molar-refractivity contribution in [3.8, 4) is 0 Å². The average molecular weight is 548 g/mol. The Morgan fingerprint density at radius 2 is 2.21 bits per heavy atom. The van der Waals surface area contributed by atoms with Crippen molar-refractivity contribution in [2.24, 2.45) is 0 Å². The molecule has 0 spiro atoms. The summed E-state index contributed by atoms with van der Waals surface area (Å²) in [4.78, 5) is 13.7. The summed E-state index contributed by atoms with van der Waals surface area (Å²) in [5.74, 6) is 0.249. The van der Waals surface area contributed by atoms with Crippen LogP contribution < -0.4 is 10.5 Å². The zero-order valence-electron chi connectivity index (χ0n) is 15.4. The van der Waals surface area contributed by atoms with Gasteiger partial charge in [0.1, 0.15) is 12.5 Å². The molecule has 3 aromatic rings. The van der Waals surface area contributed by atoms with E-state index in [1.54, 1.807) is 4.57 Å². The van der Waals surface area contributed by atoms with Gasteiger partial charge in [-0.1, -0.05) is 11.8 Å². The van der Waals surface area contributed by atoms with Gasteiger partial charge in [0.2, 0.25) is 10.0 Å². The van der Waals surface area contributed by atoms with Gasteiger partial charge >= 0.3 is 0 Å². The normalized spacial score (nSPS) is 16.4. The number of aromatic nitrogens is 4. The van der Waals surface area contributed by atoms with Crippen LogP contribution in [0.25, 0.3) is 11.2 Å². The largest absolute Gasteiger partial charge is 0.382 e. The number of nitrogens with zero attached hydrogens (tertiary/aromatic N) is 4. The van der Waals surface area contributed by atoms with Crippen LogP contribution in [0.2, 0.25) is 0 Å². The summed E-state index contributed by atoms with van der Waals surface area (Å²) < 4.78 is 42.3. The fourth-order valence-electron chi connectivity index (χ4n) is 3.29. The third-order valence-electron chi connectivity index (χ3n) is 4.62. The number of rotatable bonds is 6. The summed E-state index contributed by atoms with van der Waals surface area (Å²) in [5.41, 5.74) is 8.71. The molecule has 1 aliphatic carbocycles. The second kappa shape index (κ2) is 7.96. The monoisotopic (exact) mass is 548 g/mol. The van der Waals surface area contributed by atoms with E-state index < -0.39 is 16.2 Å². The average Bonchev–Trinajstić information content (AvgIpc) is 3.17. The van der Waals surface area contributed by atoms with E-state index in [2.05, 4.69) is 42.3 Å². The van der Waals surface area contributed by atoms with Gasteiger partial charge in [0.15, 0.2) is 22.1 Å². The molecule has 29 heavy (non-hydrogen) atoms. The van der Waals surface area contributed by atoms with E-state index in [0.717, 1.165) is 32.3 Å². The number of hydrogen-bond acceptors (Lipinski definition) is 7. The highest BCUT2D eigenvalue weighted by Crippen LogP contribution is 2.41. The van der Waals surface area contributed by atoms with E-state index >= 15 is 0 Å². The standard InChI is InChI=1S/C17H18FIN6O2S2/c1-29(26,27)23-4-5-25-16-14(15(20)21-8-22-16)24-17(25)28-13-7-10-9(6-12(13)19)2-3-11(10)18/h6-8,11,23H,2-5H2,1H3,(H2,20,21,22). The van der Waals surface area contributed by atoms with Gasteiger partial charge in [-0.05, 0) is 58.7 Å². The molecule has 2 heterocycles. The molecule has 1 aliphatic rings. The van der Waals surface area contributed by atoms with Crippen LogP contribution in [0.1, 0.15) is 23.7 Å². The molecule has 4 rings (SSSR count). The van der Waals surface area contributed by atoms with Crippen LogP contribution in [0.15, 0.2) is 28.5 Å². The minimum absolute atomic E-state index is 0.176. The quantitative estimate of drug-likeness (QED) is 0.455. The lowest BCUT2D eigenvalue weighted by Crippen LogP contribution is -2.26. The van der Waals surface area contributed by atoms with Gasteiger partial charge in [-0.25, -0.2) is 32.5 Å². The molecule has 0 bridgehead atoms. The van der Waals surface area contributed by atoms with Crippen molar-refractivity contribution in [3.05, 3.63) is 33.2 Å². The molecule has 2 aromatic heterocycles. The van der Waals surface area contributed by atoms with Crippen molar-refractivity contribution in [2.45, 2.75) is 35.6 Å². The maximum Gasteiger partial charge on any atom is 0.208 e. The molecule has 0 fully saturated rings. The maximum absolute atomic E-state index is 14.2. The van der Waals surface area contributed by atoms with Crippen LogP contribution in [0, 0.1) is 3.57 Å². The lowest BCUT2D eigenvalue weighted by Gasteiger charge is -2.11. The van der Waals surface area contributed by atoms with Gasteiger partial charge in [0.25, 0.3) is 0 Å². The zero-order chi connectivity index (χ0) is 20.8. The lowest BCUT2D eigenvalue weighted by atomic mass is 10.1. The van der Waals surface area contributed by atoms with Gasteiger partial charge in [-0.15, -0.1) is 0 Å². The van der Waals surface area contributed by atoms with E-state index in [1.807, 2.05) is 12.1 Å². The summed E-state index contributed by atoms with van der Waals surface area (Å²) in [6, 6.07) is 3.90. The number of halogens is 2. The number of imidazole rings is 1. The first-order valence-corrected chi connectivity index (χ1v) is 12.6. The van der Waals surface area contributed by atoms with Crippen LogP contribution in [-0.2, 0) is 23.0 Å². The van der Waals surface area contributed by atoms with Gasteiger partial charge in [0.05, 0.1) is 6.26 Å². The van der Waals surface area contributed by atoms with Crippen LogP contribution in [0.4, 0.5) is 10.2 Å². The molecule has 0 aliphatic heterocycles. The maximum atomic E-state index is 14.2. The number of nitrogen functional groups attached to an aromatic ring is 1. The lowest BCUT2D eigenvalue weighted by molar-refractivity contribution is 0.343. The van der Waals surface area contributed by atoms with E-state index in [0.29, 0.717) is 29.3 Å². The molecule has 0 saturated heterocycles. The van der Waals surface area contributed by atoms with Crippen LogP contribution in [0.3, 0.4) is 0 Å². The predicted octanol–water partition coefficient (Wildman–Crippen LogP) is 2.67. The van der Waals surface area contributed by atoms with E-state index in [9.17, 15) is 12.8 Å². The number of benzene rings is 1. The molecule has 1 unspecified atom stereocenters. The molecule has 12 heteroatoms. The molecular formula is C17H18FIN6O2S2. The van der Waals surface area contributed by atoms with Crippen molar-refractivity contribution >= 4 is 61.4 Å². The first kappa shape index (κ1) is 20.8. The number of fused-ring (bicyclic) bond motifs is 2. The molecule has 0 saturated carbocycles. The molecule has 3 N–H and O–H groups in total. The van der Waals surface area contributed by atoms with Gasteiger partial charge in [-0.3, -0.25) is 0 Å². The van der Waals surface area contributed by atoms with Crippen LogP contribution in [0.5, 0.6) is 0 Å². The van der Waals surface area contributed by atoms with E-state index in [4.69, 9.17) is 5.73 Å². The van der Waals surface area contributed by atoms with Gasteiger partial charge < -0.3 is 10.3 Å². The Kier molecular flexibility index (Phi) is 5.70. The topological polar surface area (TPSA) is 116 Å². The molecule has 0 radical (unpaired) electrons. The number of nitrogens with one attached hydrogen (secondary N) is 1. The summed E-state index contributed by atoms with van der Waals surface area (Å²) >= 11 is 3.62. The van der Waals surface area contributed by atoms with Crippen molar-refractivity contribution < 1.29 is 12.8 Å². The number of sulfonamides is 1. The minimum atomic E-state index is -3.32. The number of hydrogen-bond donors (Lipinski definition) is 2. The Morgan fingerprint density at radius 3 is 2.97 bits per heavy atom. The predicted molar refractivity (Wildman–Crippen MR) is 118 cm³/mol. The van der Waals surface area contributed by atoms with Crippen LogP contribution >= 0.6 is 34.4 Å². The van der Waals surface area contributed by atoms with Crippen molar-refractivity contribution in [2.75, 3.05) is 18.5 Å². The van der Waals surface area contributed by atoms with Crippen LogP contribution in [-0.4, -0.2) is 40.7 Å². The SMILES string of the molecule is CS(=O)(=O)NCCn1c(Sc2cc3c(cc2I)CCC3F)nc2c(N)ncnc21. The highest BCUT2D eigenvalue weighted by Gasteiger charge is 2.24. The second-order valence-corrected chi connectivity index (χ2v) is 10.7. The first-order chi connectivity index (χ1) is 13.7. The van der Waals surface area contributed by atoms with Gasteiger partial charge in [0, 0.05) is 21.6 Å². The summed E-state index contributed by atoms with van der Waals surface area (Å²) in [6.45, 7) is 0.491. The fraction of sp³-hybridized carbons (Fsp3) is 0.353. The molecule has 8 nitrogen and oxygen atoms in total. The summed E-state index contributed by atoms with van der Waals surface area (Å²) in [7, 11) is -3.32. The summed E-state index contributed by atoms with van der Waals surface area (Å²) in [6.07, 6.45) is 2.78.